The number of imide groups is 1. The first-order valence-corrected chi connectivity index (χ1v) is 11.3. The van der Waals surface area contributed by atoms with Crippen molar-refractivity contribution in [3.63, 3.8) is 0 Å². The number of amides is 3. The van der Waals surface area contributed by atoms with Crippen molar-refractivity contribution in [3.05, 3.63) is 97.6 Å². The fourth-order valence-electron chi connectivity index (χ4n) is 3.27. The second-order valence-corrected chi connectivity index (χ2v) is 8.98. The van der Waals surface area contributed by atoms with E-state index in [2.05, 4.69) is 10.6 Å². The van der Waals surface area contributed by atoms with Crippen molar-refractivity contribution >= 4 is 81.2 Å². The maximum atomic E-state index is 13.0. The summed E-state index contributed by atoms with van der Waals surface area (Å²) in [4.78, 5) is 39.4. The van der Waals surface area contributed by atoms with E-state index in [0.717, 1.165) is 10.5 Å². The van der Waals surface area contributed by atoms with E-state index in [1.165, 1.54) is 12.1 Å². The number of nitrogens with zero attached hydrogens (tertiary/aromatic N) is 1. The standard InChI is InChI=1S/C24H15Cl4N3O3/c1-12-5-6-13(22(32)29-15-7-8-17(26)18(27)11-15)9-19(12)30-21-20(28)23(33)31(24(21)34)16-4-2-3-14(25)10-16/h2-11,30H,1H3,(H,29,32). The molecule has 1 heterocycles. The zero-order valence-electron chi connectivity index (χ0n) is 17.5. The van der Waals surface area contributed by atoms with Gasteiger partial charge in [-0.1, -0.05) is 58.5 Å². The van der Waals surface area contributed by atoms with E-state index in [9.17, 15) is 14.4 Å². The molecule has 0 bridgehead atoms. The van der Waals surface area contributed by atoms with Gasteiger partial charge < -0.3 is 10.6 Å². The molecule has 0 unspecified atom stereocenters. The molecule has 1 aliphatic rings. The Labute approximate surface area is 215 Å². The summed E-state index contributed by atoms with van der Waals surface area (Å²) in [6, 6.07) is 15.9. The number of hydrogen-bond acceptors (Lipinski definition) is 4. The second-order valence-electron chi connectivity index (χ2n) is 7.35. The van der Waals surface area contributed by atoms with Gasteiger partial charge in [0.2, 0.25) is 0 Å². The van der Waals surface area contributed by atoms with Gasteiger partial charge in [-0.15, -0.1) is 0 Å². The highest BCUT2D eigenvalue weighted by Gasteiger charge is 2.39. The lowest BCUT2D eigenvalue weighted by molar-refractivity contribution is -0.120. The number of nitrogens with one attached hydrogen (secondary N) is 2. The molecule has 0 spiro atoms. The Kier molecular flexibility index (Phi) is 6.86. The molecule has 1 aliphatic heterocycles. The van der Waals surface area contributed by atoms with Crippen LogP contribution in [0.5, 0.6) is 0 Å². The van der Waals surface area contributed by atoms with Gasteiger partial charge in [-0.3, -0.25) is 14.4 Å². The minimum absolute atomic E-state index is 0.100. The summed E-state index contributed by atoms with van der Waals surface area (Å²) >= 11 is 24.1. The summed E-state index contributed by atoms with van der Waals surface area (Å²) in [5.41, 5.74) is 2.13. The zero-order chi connectivity index (χ0) is 24.6. The average Bonchev–Trinajstić information content (AvgIpc) is 3.00. The molecule has 0 fully saturated rings. The number of carbonyl (C=O) groups excluding carboxylic acids is 3. The summed E-state index contributed by atoms with van der Waals surface area (Å²) in [6.07, 6.45) is 0. The highest BCUT2D eigenvalue weighted by atomic mass is 35.5. The molecule has 10 heteroatoms. The first-order chi connectivity index (χ1) is 16.2. The van der Waals surface area contributed by atoms with Crippen molar-refractivity contribution in [2.24, 2.45) is 0 Å². The molecule has 4 rings (SSSR count). The van der Waals surface area contributed by atoms with E-state index in [1.54, 1.807) is 55.5 Å². The zero-order valence-corrected chi connectivity index (χ0v) is 20.5. The van der Waals surface area contributed by atoms with E-state index in [0.29, 0.717) is 37.7 Å². The van der Waals surface area contributed by atoms with Gasteiger partial charge in [-0.2, -0.15) is 0 Å². The van der Waals surface area contributed by atoms with Gasteiger partial charge >= 0.3 is 0 Å². The van der Waals surface area contributed by atoms with E-state index >= 15 is 0 Å². The lowest BCUT2D eigenvalue weighted by atomic mass is 10.1. The van der Waals surface area contributed by atoms with E-state index in [4.69, 9.17) is 46.4 Å². The number of anilines is 3. The number of hydrogen-bond donors (Lipinski definition) is 2. The molecule has 34 heavy (non-hydrogen) atoms. The predicted molar refractivity (Wildman–Crippen MR) is 136 cm³/mol. The summed E-state index contributed by atoms with van der Waals surface area (Å²) in [6.45, 7) is 1.79. The van der Waals surface area contributed by atoms with Crippen LogP contribution in [0.2, 0.25) is 15.1 Å². The van der Waals surface area contributed by atoms with Gasteiger partial charge in [0.1, 0.15) is 10.7 Å². The lowest BCUT2D eigenvalue weighted by Gasteiger charge is -2.16. The normalized spacial score (nSPS) is 13.5. The van der Waals surface area contributed by atoms with E-state index < -0.39 is 17.7 Å². The van der Waals surface area contributed by atoms with Crippen LogP contribution in [0.25, 0.3) is 0 Å². The van der Waals surface area contributed by atoms with Gasteiger partial charge in [0, 0.05) is 22.0 Å². The van der Waals surface area contributed by atoms with Crippen molar-refractivity contribution in [3.8, 4) is 0 Å². The minimum atomic E-state index is -0.678. The van der Waals surface area contributed by atoms with Crippen LogP contribution in [0.4, 0.5) is 17.1 Å². The SMILES string of the molecule is Cc1ccc(C(=O)Nc2ccc(Cl)c(Cl)c2)cc1NC1=C(Cl)C(=O)N(c2cccc(Cl)c2)C1=O. The Morgan fingerprint density at radius 1 is 0.853 bits per heavy atom. The van der Waals surface area contributed by atoms with Crippen molar-refractivity contribution in [1.82, 2.24) is 0 Å². The fourth-order valence-corrected chi connectivity index (χ4v) is 3.97. The van der Waals surface area contributed by atoms with Crippen molar-refractivity contribution in [2.45, 2.75) is 6.92 Å². The Balaban J connectivity index is 1.58. The van der Waals surface area contributed by atoms with E-state index in [-0.39, 0.29) is 10.7 Å². The predicted octanol–water partition coefficient (Wildman–Crippen LogP) is 6.64. The number of carbonyl (C=O) groups is 3. The summed E-state index contributed by atoms with van der Waals surface area (Å²) in [7, 11) is 0. The quantitative estimate of drug-likeness (QED) is 0.359. The van der Waals surface area contributed by atoms with E-state index in [1.807, 2.05) is 0 Å². The molecule has 3 aromatic carbocycles. The largest absolute Gasteiger partial charge is 0.349 e. The first kappa shape index (κ1) is 24.1. The van der Waals surface area contributed by atoms with Crippen LogP contribution in [0.3, 0.4) is 0 Å². The first-order valence-electron chi connectivity index (χ1n) is 9.84. The van der Waals surface area contributed by atoms with Gasteiger partial charge in [0.05, 0.1) is 15.7 Å². The fraction of sp³-hybridized carbons (Fsp3) is 0.0417. The topological polar surface area (TPSA) is 78.5 Å². The molecule has 0 saturated heterocycles. The van der Waals surface area contributed by atoms with Crippen LogP contribution < -0.4 is 15.5 Å². The van der Waals surface area contributed by atoms with Crippen molar-refractivity contribution in [2.75, 3.05) is 15.5 Å². The molecule has 0 aromatic heterocycles. The maximum absolute atomic E-state index is 13.0. The number of halogens is 4. The summed E-state index contributed by atoms with van der Waals surface area (Å²) in [5, 5.41) is 6.42. The molecular formula is C24H15Cl4N3O3. The van der Waals surface area contributed by atoms with Crippen LogP contribution in [-0.4, -0.2) is 17.7 Å². The highest BCUT2D eigenvalue weighted by Crippen LogP contribution is 2.32. The third kappa shape index (κ3) is 4.76. The third-order valence-corrected chi connectivity index (χ3v) is 6.36. The number of rotatable bonds is 5. The Morgan fingerprint density at radius 3 is 2.32 bits per heavy atom. The number of benzene rings is 3. The average molecular weight is 535 g/mol. The summed E-state index contributed by atoms with van der Waals surface area (Å²) < 4.78 is 0. The molecule has 0 aliphatic carbocycles. The third-order valence-electron chi connectivity index (χ3n) is 5.03. The molecule has 0 atom stereocenters. The molecule has 3 amide bonds. The summed E-state index contributed by atoms with van der Waals surface area (Å²) in [5.74, 6) is -1.72. The van der Waals surface area contributed by atoms with Crippen LogP contribution in [0.1, 0.15) is 15.9 Å². The van der Waals surface area contributed by atoms with Gasteiger partial charge in [0.15, 0.2) is 0 Å². The molecule has 0 saturated carbocycles. The number of aryl methyl sites for hydroxylation is 1. The highest BCUT2D eigenvalue weighted by molar-refractivity contribution is 6.53. The lowest BCUT2D eigenvalue weighted by Crippen LogP contribution is -2.32. The van der Waals surface area contributed by atoms with Gasteiger partial charge in [-0.05, 0) is 61.0 Å². The smallest absolute Gasteiger partial charge is 0.283 e. The molecule has 2 N–H and O–H groups in total. The molecule has 3 aromatic rings. The Hall–Kier alpha value is -3.03. The van der Waals surface area contributed by atoms with Gasteiger partial charge in [-0.25, -0.2) is 4.90 Å². The van der Waals surface area contributed by atoms with Crippen molar-refractivity contribution in [1.29, 1.82) is 0 Å². The molecule has 0 radical (unpaired) electrons. The minimum Gasteiger partial charge on any atom is -0.349 e. The van der Waals surface area contributed by atoms with Gasteiger partial charge in [0.25, 0.3) is 17.7 Å². The van der Waals surface area contributed by atoms with Crippen LogP contribution >= 0.6 is 46.4 Å². The monoisotopic (exact) mass is 533 g/mol. The van der Waals surface area contributed by atoms with Crippen LogP contribution in [-0.2, 0) is 9.59 Å². The maximum Gasteiger partial charge on any atom is 0.283 e. The molecule has 172 valence electrons. The van der Waals surface area contributed by atoms with Crippen LogP contribution in [0, 0.1) is 6.92 Å². The van der Waals surface area contributed by atoms with Crippen molar-refractivity contribution < 1.29 is 14.4 Å². The van der Waals surface area contributed by atoms with Crippen LogP contribution in [0.15, 0.2) is 71.4 Å². The Morgan fingerprint density at radius 2 is 1.62 bits per heavy atom. The molecule has 6 nitrogen and oxygen atoms in total. The molecular weight excluding hydrogens is 520 g/mol. The Bertz CT molecular complexity index is 1390. The second kappa shape index (κ2) is 9.68.